The molecule has 0 radical (unpaired) electrons. The molecule has 0 unspecified atom stereocenters. The molecule has 0 fully saturated rings. The average molecular weight is 449 g/mol. The molecule has 1 N–H and O–H groups in total. The van der Waals surface area contributed by atoms with Crippen molar-refractivity contribution in [2.45, 2.75) is 6.18 Å². The Labute approximate surface area is 181 Å². The molecule has 0 aromatic heterocycles. The van der Waals surface area contributed by atoms with Crippen molar-refractivity contribution in [3.05, 3.63) is 94.5 Å². The second-order valence-corrected chi connectivity index (χ2v) is 6.74. The van der Waals surface area contributed by atoms with Crippen molar-refractivity contribution >= 4 is 23.6 Å². The fraction of sp³-hybridized carbons (Fsp3) is 0.0870. The third kappa shape index (κ3) is 6.02. The molecule has 0 amide bonds. The molecule has 0 bridgehead atoms. The van der Waals surface area contributed by atoms with Gasteiger partial charge >= 0.3 is 12.1 Å². The molecular formula is C23H16ClF3O4. The second kappa shape index (κ2) is 9.57. The van der Waals surface area contributed by atoms with Crippen LogP contribution in [0.5, 0.6) is 17.2 Å². The summed E-state index contributed by atoms with van der Waals surface area (Å²) in [5.74, 6) is -0.233. The van der Waals surface area contributed by atoms with Gasteiger partial charge in [-0.15, -0.1) is 0 Å². The first-order valence-corrected chi connectivity index (χ1v) is 9.38. The first-order valence-electron chi connectivity index (χ1n) is 9.00. The van der Waals surface area contributed by atoms with Crippen molar-refractivity contribution in [2.24, 2.45) is 0 Å². The molecule has 0 aliphatic rings. The summed E-state index contributed by atoms with van der Waals surface area (Å²) in [5.41, 5.74) is -0.0896. The normalized spacial score (nSPS) is 11.5. The highest BCUT2D eigenvalue weighted by Gasteiger charge is 2.29. The van der Waals surface area contributed by atoms with Crippen molar-refractivity contribution in [3.8, 4) is 17.2 Å². The van der Waals surface area contributed by atoms with Gasteiger partial charge in [0.15, 0.2) is 11.5 Å². The Morgan fingerprint density at radius 3 is 2.29 bits per heavy atom. The Morgan fingerprint density at radius 1 is 0.968 bits per heavy atom. The molecule has 160 valence electrons. The lowest BCUT2D eigenvalue weighted by atomic mass is 10.1. The van der Waals surface area contributed by atoms with E-state index in [0.717, 1.165) is 12.1 Å². The van der Waals surface area contributed by atoms with Gasteiger partial charge in [0.2, 0.25) is 0 Å². The van der Waals surface area contributed by atoms with Crippen molar-refractivity contribution in [1.82, 2.24) is 0 Å². The maximum Gasteiger partial charge on any atom is 0.416 e. The number of halogens is 4. The van der Waals surface area contributed by atoms with Crippen molar-refractivity contribution in [2.75, 3.05) is 6.61 Å². The Kier molecular flexibility index (Phi) is 6.87. The molecule has 0 aliphatic heterocycles. The van der Waals surface area contributed by atoms with E-state index in [2.05, 4.69) is 0 Å². The summed E-state index contributed by atoms with van der Waals surface area (Å²) < 4.78 is 49.2. The fourth-order valence-corrected chi connectivity index (χ4v) is 2.75. The van der Waals surface area contributed by atoms with Crippen LogP contribution < -0.4 is 9.47 Å². The van der Waals surface area contributed by atoms with Crippen LogP contribution in [0.15, 0.2) is 72.8 Å². The van der Waals surface area contributed by atoms with Gasteiger partial charge in [-0.25, -0.2) is 4.79 Å². The van der Waals surface area contributed by atoms with E-state index < -0.39 is 17.7 Å². The van der Waals surface area contributed by atoms with Crippen LogP contribution in [0.2, 0.25) is 5.02 Å². The largest absolute Gasteiger partial charge is 0.486 e. The van der Waals surface area contributed by atoms with E-state index in [0.29, 0.717) is 17.1 Å². The van der Waals surface area contributed by atoms with Gasteiger partial charge in [-0.05, 0) is 54.1 Å². The van der Waals surface area contributed by atoms with Gasteiger partial charge in [0.05, 0.1) is 16.1 Å². The summed E-state index contributed by atoms with van der Waals surface area (Å²) in [7, 11) is 0. The molecule has 3 rings (SSSR count). The molecule has 3 aromatic carbocycles. The predicted molar refractivity (Wildman–Crippen MR) is 111 cm³/mol. The molecule has 8 heteroatoms. The van der Waals surface area contributed by atoms with Crippen LogP contribution in [0, 0.1) is 0 Å². The molecule has 0 saturated carbocycles. The number of hydrogen-bond acceptors (Lipinski definition) is 3. The van der Waals surface area contributed by atoms with Crippen LogP contribution in [0.1, 0.15) is 21.5 Å². The minimum Gasteiger partial charge on any atom is -0.486 e. The summed E-state index contributed by atoms with van der Waals surface area (Å²) in [6.45, 7) is 0.129. The molecular weight excluding hydrogens is 433 g/mol. The van der Waals surface area contributed by atoms with Crippen LogP contribution in [-0.2, 0) is 6.18 Å². The number of benzene rings is 3. The molecule has 4 nitrogen and oxygen atoms in total. The van der Waals surface area contributed by atoms with Gasteiger partial charge in [-0.3, -0.25) is 0 Å². The lowest BCUT2D eigenvalue weighted by Crippen LogP contribution is -2.04. The Balaban J connectivity index is 1.67. The van der Waals surface area contributed by atoms with E-state index in [-0.39, 0.29) is 22.9 Å². The van der Waals surface area contributed by atoms with Crippen LogP contribution >= 0.6 is 11.6 Å². The van der Waals surface area contributed by atoms with Gasteiger partial charge in [-0.1, -0.05) is 41.9 Å². The zero-order valence-electron chi connectivity index (χ0n) is 15.9. The Hall–Kier alpha value is -3.45. The number of alkyl halides is 3. The maximum absolute atomic E-state index is 12.6. The zero-order chi connectivity index (χ0) is 22.4. The summed E-state index contributed by atoms with van der Waals surface area (Å²) in [4.78, 5) is 11.2. The number of hydrogen-bond donors (Lipinski definition) is 1. The zero-order valence-corrected chi connectivity index (χ0v) is 16.7. The quantitative estimate of drug-likeness (QED) is 0.425. The Morgan fingerprint density at radius 2 is 1.65 bits per heavy atom. The van der Waals surface area contributed by atoms with Crippen LogP contribution in [0.3, 0.4) is 0 Å². The first kappa shape index (κ1) is 22.2. The number of carbonyl (C=O) groups is 1. The summed E-state index contributed by atoms with van der Waals surface area (Å²) >= 11 is 6.10. The monoisotopic (exact) mass is 448 g/mol. The minimum atomic E-state index is -4.37. The predicted octanol–water partition coefficient (Wildman–Crippen LogP) is 6.94. The third-order valence-electron chi connectivity index (χ3n) is 4.13. The third-order valence-corrected chi connectivity index (χ3v) is 4.44. The number of ether oxygens (including phenoxy) is 2. The second-order valence-electron chi connectivity index (χ2n) is 6.33. The van der Waals surface area contributed by atoms with E-state index in [9.17, 15) is 18.0 Å². The lowest BCUT2D eigenvalue weighted by molar-refractivity contribution is -0.137. The number of rotatable bonds is 7. The number of carboxylic acids is 1. The minimum absolute atomic E-state index is 0.0253. The summed E-state index contributed by atoms with van der Waals surface area (Å²) in [6.07, 6.45) is -1.09. The molecule has 31 heavy (non-hydrogen) atoms. The van der Waals surface area contributed by atoms with Crippen molar-refractivity contribution < 1.29 is 32.5 Å². The van der Waals surface area contributed by atoms with Crippen molar-refractivity contribution in [3.63, 3.8) is 0 Å². The maximum atomic E-state index is 12.6. The van der Waals surface area contributed by atoms with E-state index in [1.807, 2.05) is 0 Å². The van der Waals surface area contributed by atoms with Crippen LogP contribution in [0.4, 0.5) is 13.2 Å². The highest BCUT2D eigenvalue weighted by atomic mass is 35.5. The smallest absolute Gasteiger partial charge is 0.416 e. The van der Waals surface area contributed by atoms with Crippen LogP contribution in [-0.4, -0.2) is 17.7 Å². The van der Waals surface area contributed by atoms with E-state index >= 15 is 0 Å². The highest BCUT2D eigenvalue weighted by molar-refractivity contribution is 6.32. The topological polar surface area (TPSA) is 55.8 Å². The van der Waals surface area contributed by atoms with E-state index in [1.165, 1.54) is 30.3 Å². The van der Waals surface area contributed by atoms with Gasteiger partial charge < -0.3 is 14.6 Å². The van der Waals surface area contributed by atoms with E-state index in [4.69, 9.17) is 26.2 Å². The standard InChI is InChI=1S/C23H16ClF3O4/c24-18-12-9-16(22(28)29)14-21(18)31-20-6-2-1-5-19(20)30-13-3-4-15-7-10-17(11-8-15)23(25,26)27/h1-12,14H,13H2,(H,28,29)/b4-3+. The van der Waals surface area contributed by atoms with E-state index in [1.54, 1.807) is 36.4 Å². The van der Waals surface area contributed by atoms with Gasteiger partial charge in [0.25, 0.3) is 0 Å². The van der Waals surface area contributed by atoms with Crippen LogP contribution in [0.25, 0.3) is 6.08 Å². The molecule has 0 saturated heterocycles. The molecule has 0 spiro atoms. The summed E-state index contributed by atoms with van der Waals surface area (Å²) in [6, 6.07) is 15.6. The lowest BCUT2D eigenvalue weighted by Gasteiger charge is -2.13. The van der Waals surface area contributed by atoms with Gasteiger partial charge in [0.1, 0.15) is 12.4 Å². The summed E-state index contributed by atoms with van der Waals surface area (Å²) in [5, 5.41) is 9.36. The average Bonchev–Trinajstić information content (AvgIpc) is 2.73. The van der Waals surface area contributed by atoms with Crippen molar-refractivity contribution in [1.29, 1.82) is 0 Å². The fourth-order valence-electron chi connectivity index (χ4n) is 2.59. The Bertz CT molecular complexity index is 1090. The number of para-hydroxylation sites is 2. The number of aromatic carboxylic acids is 1. The SMILES string of the molecule is O=C(O)c1ccc(Cl)c(Oc2ccccc2OC/C=C/c2ccc(C(F)(F)F)cc2)c1. The molecule has 0 aliphatic carbocycles. The molecule has 0 atom stereocenters. The number of carboxylic acid groups (broad SMARTS) is 1. The van der Waals surface area contributed by atoms with Gasteiger partial charge in [-0.2, -0.15) is 13.2 Å². The van der Waals surface area contributed by atoms with Gasteiger partial charge in [0, 0.05) is 0 Å². The highest BCUT2D eigenvalue weighted by Crippen LogP contribution is 2.35. The first-order chi connectivity index (χ1) is 14.7. The molecule has 0 heterocycles. The molecule has 3 aromatic rings.